The smallest absolute Gasteiger partial charge is 0.261 e. The molecule has 0 radical (unpaired) electrons. The minimum atomic E-state index is -1.12. The van der Waals surface area contributed by atoms with Gasteiger partial charge in [0.2, 0.25) is 6.79 Å². The molecule has 5 unspecified atom stereocenters. The second kappa shape index (κ2) is 4.80. The number of amides is 2. The van der Waals surface area contributed by atoms with Gasteiger partial charge in [0.1, 0.15) is 0 Å². The van der Waals surface area contributed by atoms with Crippen molar-refractivity contribution in [2.75, 3.05) is 13.8 Å². The second-order valence-corrected chi connectivity index (χ2v) is 10.8. The van der Waals surface area contributed by atoms with Gasteiger partial charge in [-0.3, -0.25) is 9.59 Å². The quantitative estimate of drug-likeness (QED) is 0.701. The highest BCUT2D eigenvalue weighted by Crippen LogP contribution is 2.65. The molecule has 3 fully saturated rings. The summed E-state index contributed by atoms with van der Waals surface area (Å²) in [7, 11) is 0.689. The van der Waals surface area contributed by atoms with Crippen LogP contribution in [0.15, 0.2) is 18.2 Å². The average molecular weight is 403 g/mol. The van der Waals surface area contributed by atoms with Crippen LogP contribution in [0.25, 0.3) is 0 Å². The van der Waals surface area contributed by atoms with Gasteiger partial charge in [-0.25, -0.2) is 0 Å². The molecule has 5 rings (SSSR count). The molecule has 1 aromatic rings. The van der Waals surface area contributed by atoms with E-state index in [1.165, 1.54) is 4.90 Å². The highest BCUT2D eigenvalue weighted by Gasteiger charge is 2.80. The van der Waals surface area contributed by atoms with Gasteiger partial charge in [0.25, 0.3) is 11.8 Å². The third-order valence-electron chi connectivity index (χ3n) is 6.39. The summed E-state index contributed by atoms with van der Waals surface area (Å²) >= 11 is 5.76. The average Bonchev–Trinajstić information content (AvgIpc) is 3.31. The van der Waals surface area contributed by atoms with E-state index in [-0.39, 0.29) is 25.0 Å². The first-order valence-electron chi connectivity index (χ1n) is 8.56. The number of fused-ring (bicyclic) bond motifs is 2. The van der Waals surface area contributed by atoms with Gasteiger partial charge in [0, 0.05) is 13.5 Å². The fourth-order valence-electron chi connectivity index (χ4n) is 4.92. The van der Waals surface area contributed by atoms with E-state index in [0.717, 1.165) is 5.56 Å². The molecule has 1 spiro atoms. The van der Waals surface area contributed by atoms with E-state index >= 15 is 0 Å². The Bertz CT molecular complexity index is 1010. The van der Waals surface area contributed by atoms with Crippen molar-refractivity contribution >= 4 is 32.5 Å². The number of hydrogen-bond acceptors (Lipinski definition) is 6. The summed E-state index contributed by atoms with van der Waals surface area (Å²) in [5, 5.41) is 10.0. The van der Waals surface area contributed by atoms with Crippen molar-refractivity contribution in [3.05, 3.63) is 23.8 Å². The maximum Gasteiger partial charge on any atom is 0.261 e. The normalized spacial score (nSPS) is 41.3. The van der Waals surface area contributed by atoms with Crippen LogP contribution < -0.4 is 9.47 Å². The van der Waals surface area contributed by atoms with Gasteiger partial charge in [-0.2, -0.15) is 5.26 Å². The van der Waals surface area contributed by atoms with E-state index in [1.54, 1.807) is 37.9 Å². The summed E-state index contributed by atoms with van der Waals surface area (Å²) in [6, 6.07) is 7.23. The molecule has 140 valence electrons. The maximum absolute atomic E-state index is 13.5. The van der Waals surface area contributed by atoms with E-state index in [2.05, 4.69) is 6.07 Å². The zero-order chi connectivity index (χ0) is 19.4. The monoisotopic (exact) mass is 403 g/mol. The molecule has 0 aromatic heterocycles. The third kappa shape index (κ3) is 1.61. The number of likely N-dealkylation sites (N-methyl/N-ethyl adjacent to an activating group) is 1. The van der Waals surface area contributed by atoms with Gasteiger partial charge >= 0.3 is 0 Å². The molecule has 27 heavy (non-hydrogen) atoms. The number of benzene rings is 1. The molecule has 7 nitrogen and oxygen atoms in total. The molecule has 0 aliphatic carbocycles. The van der Waals surface area contributed by atoms with Crippen LogP contribution in [0, 0.1) is 16.7 Å². The molecule has 0 saturated carbocycles. The first-order chi connectivity index (χ1) is 12.7. The molecule has 1 aromatic carbocycles. The molecule has 2 bridgehead atoms. The number of hydrogen-bond donors (Lipinski definition) is 0. The zero-order valence-corrected chi connectivity index (χ0v) is 16.6. The number of nitrogens with zero attached hydrogens (tertiary/aromatic N) is 3. The van der Waals surface area contributed by atoms with Gasteiger partial charge in [0.05, 0.1) is 17.5 Å². The Morgan fingerprint density at radius 2 is 1.96 bits per heavy atom. The van der Waals surface area contributed by atoms with Crippen molar-refractivity contribution in [2.24, 2.45) is 5.41 Å². The Kier molecular flexibility index (Phi) is 3.02. The lowest BCUT2D eigenvalue weighted by molar-refractivity contribution is -0.159. The molecule has 4 heterocycles. The summed E-state index contributed by atoms with van der Waals surface area (Å²) in [6.45, 7) is 3.69. The van der Waals surface area contributed by atoms with Crippen LogP contribution in [0.5, 0.6) is 11.5 Å². The van der Waals surface area contributed by atoms with Crippen LogP contribution in [-0.2, 0) is 30.2 Å². The fourth-order valence-corrected chi connectivity index (χ4v) is 8.44. The topological polar surface area (TPSA) is 82.9 Å². The lowest BCUT2D eigenvalue weighted by Crippen LogP contribution is -2.60. The molecular weight excluding hydrogens is 386 g/mol. The maximum atomic E-state index is 13.5. The Hall–Kier alpha value is -2.18. The van der Waals surface area contributed by atoms with E-state index in [4.69, 9.17) is 20.7 Å². The Morgan fingerprint density at radius 3 is 2.67 bits per heavy atom. The number of ether oxygens (including phenoxy) is 2. The summed E-state index contributed by atoms with van der Waals surface area (Å²) in [6.07, 6.45) is 0.243. The summed E-state index contributed by atoms with van der Waals surface area (Å²) in [4.78, 5) is 27.6. The summed E-state index contributed by atoms with van der Waals surface area (Å²) in [5.41, 5.74) is -0.178. The molecule has 5 atom stereocenters. The molecule has 4 aliphatic heterocycles. The van der Waals surface area contributed by atoms with Crippen LogP contribution in [0.3, 0.4) is 0 Å². The van der Waals surface area contributed by atoms with Gasteiger partial charge in [0.15, 0.2) is 21.2 Å². The highest BCUT2D eigenvalue weighted by atomic mass is 32.8. The molecular formula is C18H17N3O4S2. The van der Waals surface area contributed by atoms with Crippen molar-refractivity contribution in [1.29, 1.82) is 5.26 Å². The van der Waals surface area contributed by atoms with E-state index in [0.29, 0.717) is 11.5 Å². The van der Waals surface area contributed by atoms with E-state index < -0.39 is 30.7 Å². The molecule has 0 N–H and O–H groups in total. The zero-order valence-electron chi connectivity index (χ0n) is 15.0. The largest absolute Gasteiger partial charge is 0.454 e. The van der Waals surface area contributed by atoms with Crippen molar-refractivity contribution < 1.29 is 19.1 Å². The van der Waals surface area contributed by atoms with Crippen LogP contribution in [0.2, 0.25) is 0 Å². The van der Waals surface area contributed by atoms with E-state index in [9.17, 15) is 14.9 Å². The lowest BCUT2D eigenvalue weighted by atomic mass is 9.79. The Labute approximate surface area is 163 Å². The van der Waals surface area contributed by atoms with Crippen molar-refractivity contribution in [3.63, 3.8) is 0 Å². The molecule has 3 saturated heterocycles. The van der Waals surface area contributed by atoms with Crippen LogP contribution in [0.4, 0.5) is 0 Å². The third-order valence-corrected chi connectivity index (χ3v) is 10.5. The Morgan fingerprint density at radius 1 is 1.26 bits per heavy atom. The predicted molar refractivity (Wildman–Crippen MR) is 99.1 cm³/mol. The molecule has 2 amide bonds. The summed E-state index contributed by atoms with van der Waals surface area (Å²) < 4.78 is 10.8. The fraction of sp³-hybridized carbons (Fsp3) is 0.500. The van der Waals surface area contributed by atoms with Crippen LogP contribution in [0.1, 0.15) is 31.9 Å². The predicted octanol–water partition coefficient (Wildman–Crippen LogP) is 1.20. The minimum Gasteiger partial charge on any atom is -0.454 e. The lowest BCUT2D eigenvalue weighted by Gasteiger charge is -2.39. The molecule has 4 aliphatic rings. The van der Waals surface area contributed by atoms with Crippen LogP contribution >= 0.6 is 0 Å². The number of nitriles is 1. The van der Waals surface area contributed by atoms with E-state index in [1.807, 2.05) is 6.07 Å². The second-order valence-electron chi connectivity index (χ2n) is 7.80. The van der Waals surface area contributed by atoms with Crippen LogP contribution in [-0.4, -0.2) is 45.2 Å². The standard InChI is InChI=1S/C18H17N3O4S2/c1-16(8-19)7-18-15(23)20(3)17(2,27(18)26)14(22)21(18)13(16)10-4-5-11-12(6-10)25-9-24-11/h4-6,13H,7,9H2,1-3H3. The molecule has 9 heteroatoms. The first-order valence-corrected chi connectivity index (χ1v) is 10.7. The first kappa shape index (κ1) is 17.0. The number of piperazine rings is 1. The van der Waals surface area contributed by atoms with Gasteiger partial charge in [-0.1, -0.05) is 15.5 Å². The SMILES string of the molecule is CN1C(=O)C23CC(C)(C#N)C(c4ccc5c(c4)OCO5)N2C(=O)C1(C)S3=S. The van der Waals surface area contributed by atoms with Gasteiger partial charge < -0.3 is 19.3 Å². The summed E-state index contributed by atoms with van der Waals surface area (Å²) in [5.74, 6) is 0.875. The van der Waals surface area contributed by atoms with Crippen molar-refractivity contribution in [2.45, 2.75) is 36.1 Å². The number of carbonyl (C=O) groups is 2. The Balaban J connectivity index is 1.73. The highest BCUT2D eigenvalue weighted by molar-refractivity contribution is 8.31. The van der Waals surface area contributed by atoms with Gasteiger partial charge in [-0.15, -0.1) is 0 Å². The number of carbonyl (C=O) groups excluding carboxylic acids is 2. The van der Waals surface area contributed by atoms with Gasteiger partial charge in [-0.05, 0) is 42.7 Å². The van der Waals surface area contributed by atoms with Crippen molar-refractivity contribution in [3.8, 4) is 17.6 Å². The van der Waals surface area contributed by atoms with Crippen molar-refractivity contribution in [1.82, 2.24) is 9.80 Å². The minimum absolute atomic E-state index is 0.141. The number of rotatable bonds is 1.